The number of nitrogens with zero attached hydrogens (tertiary/aromatic N) is 1. The van der Waals surface area contributed by atoms with Gasteiger partial charge in [0.1, 0.15) is 0 Å². The third kappa shape index (κ3) is 3.65. The van der Waals surface area contributed by atoms with Crippen molar-refractivity contribution < 1.29 is 14.5 Å². The van der Waals surface area contributed by atoms with Crippen LogP contribution in [0.5, 0.6) is 0 Å². The first-order chi connectivity index (χ1) is 10.7. The highest BCUT2D eigenvalue weighted by atomic mass is 16.2. The second-order valence-electron chi connectivity index (χ2n) is 6.23. The summed E-state index contributed by atoms with van der Waals surface area (Å²) in [4.78, 5) is 27.0. The van der Waals surface area contributed by atoms with Crippen molar-refractivity contribution in [1.29, 1.82) is 0 Å². The van der Waals surface area contributed by atoms with E-state index in [2.05, 4.69) is 5.32 Å². The van der Waals surface area contributed by atoms with Crippen molar-refractivity contribution in [3.8, 4) is 0 Å². The van der Waals surface area contributed by atoms with Gasteiger partial charge in [-0.1, -0.05) is 0 Å². The summed E-state index contributed by atoms with van der Waals surface area (Å²) < 4.78 is 0. The lowest BCUT2D eigenvalue weighted by molar-refractivity contribution is -0.896. The molecule has 2 aliphatic rings. The molecule has 0 atom stereocenters. The van der Waals surface area contributed by atoms with Gasteiger partial charge in [0.05, 0.1) is 13.1 Å². The zero-order chi connectivity index (χ0) is 15.4. The van der Waals surface area contributed by atoms with Crippen LogP contribution in [-0.2, 0) is 9.59 Å². The number of carbonyl (C=O) groups is 2. The molecule has 0 saturated carbocycles. The maximum atomic E-state index is 12.1. The standard InChI is InChI=1S/C17H23N3O2/c21-16(13-19-10-2-1-3-11-19)18-14-6-8-15(9-7-14)20-12-4-5-17(20)22/h6-9H,1-5,10-13H2,(H,18,21)/p+1. The minimum atomic E-state index is 0.0712. The van der Waals surface area contributed by atoms with Crippen molar-refractivity contribution in [2.45, 2.75) is 32.1 Å². The molecule has 5 heteroatoms. The highest BCUT2D eigenvalue weighted by Crippen LogP contribution is 2.22. The van der Waals surface area contributed by atoms with Crippen molar-refractivity contribution in [2.75, 3.05) is 36.4 Å². The van der Waals surface area contributed by atoms with E-state index in [9.17, 15) is 9.59 Å². The second kappa shape index (κ2) is 6.92. The number of likely N-dealkylation sites (tertiary alicyclic amines) is 1. The molecule has 0 radical (unpaired) electrons. The Balaban J connectivity index is 1.54. The molecule has 2 amide bonds. The van der Waals surface area contributed by atoms with Gasteiger partial charge < -0.3 is 15.1 Å². The molecule has 2 fully saturated rings. The van der Waals surface area contributed by atoms with E-state index in [0.717, 1.165) is 37.4 Å². The molecule has 0 bridgehead atoms. The fraction of sp³-hybridized carbons (Fsp3) is 0.529. The van der Waals surface area contributed by atoms with Gasteiger partial charge in [-0.3, -0.25) is 9.59 Å². The Morgan fingerprint density at radius 2 is 1.82 bits per heavy atom. The third-order valence-electron chi connectivity index (χ3n) is 4.51. The fourth-order valence-corrected chi connectivity index (χ4v) is 3.31. The van der Waals surface area contributed by atoms with Gasteiger partial charge in [-0.25, -0.2) is 0 Å². The van der Waals surface area contributed by atoms with Crippen molar-refractivity contribution >= 4 is 23.2 Å². The van der Waals surface area contributed by atoms with Crippen LogP contribution in [0.3, 0.4) is 0 Å². The summed E-state index contributed by atoms with van der Waals surface area (Å²) in [6, 6.07) is 7.58. The summed E-state index contributed by atoms with van der Waals surface area (Å²) in [5.74, 6) is 0.257. The van der Waals surface area contributed by atoms with Gasteiger partial charge in [0.15, 0.2) is 6.54 Å². The van der Waals surface area contributed by atoms with Crippen LogP contribution in [-0.4, -0.2) is 38.0 Å². The average Bonchev–Trinajstić information content (AvgIpc) is 2.95. The van der Waals surface area contributed by atoms with Crippen LogP contribution in [0.15, 0.2) is 24.3 Å². The minimum Gasteiger partial charge on any atom is -0.327 e. The molecular formula is C17H24N3O2+. The number of carbonyl (C=O) groups excluding carboxylic acids is 2. The summed E-state index contributed by atoms with van der Waals surface area (Å²) >= 11 is 0. The van der Waals surface area contributed by atoms with E-state index in [4.69, 9.17) is 0 Å². The predicted molar refractivity (Wildman–Crippen MR) is 86.1 cm³/mol. The number of benzene rings is 1. The van der Waals surface area contributed by atoms with Crippen molar-refractivity contribution in [3.05, 3.63) is 24.3 Å². The first kappa shape index (κ1) is 15.0. The van der Waals surface area contributed by atoms with E-state index < -0.39 is 0 Å². The molecule has 2 heterocycles. The Morgan fingerprint density at radius 1 is 1.09 bits per heavy atom. The molecule has 2 N–H and O–H groups in total. The summed E-state index contributed by atoms with van der Waals surface area (Å²) in [5, 5.41) is 2.96. The van der Waals surface area contributed by atoms with Crippen LogP contribution < -0.4 is 15.1 Å². The number of rotatable bonds is 4. The fourth-order valence-electron chi connectivity index (χ4n) is 3.31. The zero-order valence-electron chi connectivity index (χ0n) is 12.9. The van der Waals surface area contributed by atoms with Gasteiger partial charge in [0, 0.05) is 24.3 Å². The molecule has 22 heavy (non-hydrogen) atoms. The topological polar surface area (TPSA) is 53.9 Å². The van der Waals surface area contributed by atoms with Gasteiger partial charge in [-0.05, 0) is 49.9 Å². The molecule has 3 rings (SSSR count). The van der Waals surface area contributed by atoms with Gasteiger partial charge in [0.25, 0.3) is 5.91 Å². The Bertz CT molecular complexity index is 535. The Kier molecular flexibility index (Phi) is 4.73. The zero-order valence-corrected chi connectivity index (χ0v) is 12.9. The Hall–Kier alpha value is -1.88. The number of hydrogen-bond donors (Lipinski definition) is 2. The van der Waals surface area contributed by atoms with E-state index >= 15 is 0 Å². The molecule has 0 spiro atoms. The van der Waals surface area contributed by atoms with E-state index in [0.29, 0.717) is 13.0 Å². The van der Waals surface area contributed by atoms with Crippen LogP contribution >= 0.6 is 0 Å². The van der Waals surface area contributed by atoms with Crippen LogP contribution in [0.25, 0.3) is 0 Å². The van der Waals surface area contributed by atoms with Crippen molar-refractivity contribution in [3.63, 3.8) is 0 Å². The van der Waals surface area contributed by atoms with Crippen molar-refractivity contribution in [1.82, 2.24) is 0 Å². The molecule has 2 aliphatic heterocycles. The summed E-state index contributed by atoms with van der Waals surface area (Å²) in [6.07, 6.45) is 5.30. The van der Waals surface area contributed by atoms with Gasteiger partial charge in [-0.15, -0.1) is 0 Å². The molecule has 0 aromatic heterocycles. The van der Waals surface area contributed by atoms with Crippen molar-refractivity contribution in [2.24, 2.45) is 0 Å². The number of anilines is 2. The summed E-state index contributed by atoms with van der Waals surface area (Å²) in [5.41, 5.74) is 1.72. The van der Waals surface area contributed by atoms with E-state index in [-0.39, 0.29) is 11.8 Å². The molecule has 0 aliphatic carbocycles. The predicted octanol–water partition coefficient (Wildman–Crippen LogP) is 0.821. The van der Waals surface area contributed by atoms with Gasteiger partial charge >= 0.3 is 0 Å². The Morgan fingerprint density at radius 3 is 2.45 bits per heavy atom. The summed E-state index contributed by atoms with van der Waals surface area (Å²) in [7, 11) is 0. The monoisotopic (exact) mass is 302 g/mol. The number of amides is 2. The first-order valence-electron chi connectivity index (χ1n) is 8.26. The van der Waals surface area contributed by atoms with Crippen LogP contribution in [0.1, 0.15) is 32.1 Å². The smallest absolute Gasteiger partial charge is 0.279 e. The maximum Gasteiger partial charge on any atom is 0.279 e. The summed E-state index contributed by atoms with van der Waals surface area (Å²) in [6.45, 7) is 3.54. The number of hydrogen-bond acceptors (Lipinski definition) is 2. The SMILES string of the molecule is O=C(C[NH+]1CCCCC1)Nc1ccc(N2CCCC2=O)cc1. The number of nitrogens with one attached hydrogen (secondary N) is 2. The quantitative estimate of drug-likeness (QED) is 0.865. The average molecular weight is 302 g/mol. The molecule has 2 saturated heterocycles. The molecule has 5 nitrogen and oxygen atoms in total. The lowest BCUT2D eigenvalue weighted by Gasteiger charge is -2.22. The van der Waals surface area contributed by atoms with Gasteiger partial charge in [0.2, 0.25) is 5.91 Å². The van der Waals surface area contributed by atoms with E-state index in [1.165, 1.54) is 24.2 Å². The maximum absolute atomic E-state index is 12.1. The highest BCUT2D eigenvalue weighted by Gasteiger charge is 2.21. The Labute approximate surface area is 131 Å². The third-order valence-corrected chi connectivity index (χ3v) is 4.51. The molecule has 118 valence electrons. The van der Waals surface area contributed by atoms with Gasteiger partial charge in [-0.2, -0.15) is 0 Å². The lowest BCUT2D eigenvalue weighted by Crippen LogP contribution is -3.13. The molecule has 0 unspecified atom stereocenters. The normalized spacial score (nSPS) is 19.5. The van der Waals surface area contributed by atoms with Crippen LogP contribution in [0.4, 0.5) is 11.4 Å². The number of quaternary nitrogens is 1. The largest absolute Gasteiger partial charge is 0.327 e. The molecular weight excluding hydrogens is 278 g/mol. The molecule has 1 aromatic carbocycles. The first-order valence-corrected chi connectivity index (χ1v) is 8.26. The van der Waals surface area contributed by atoms with E-state index in [1.807, 2.05) is 29.2 Å². The second-order valence-corrected chi connectivity index (χ2v) is 6.23. The van der Waals surface area contributed by atoms with Crippen LogP contribution in [0, 0.1) is 0 Å². The van der Waals surface area contributed by atoms with Crippen LogP contribution in [0.2, 0.25) is 0 Å². The lowest BCUT2D eigenvalue weighted by atomic mass is 10.1. The number of piperidine rings is 1. The minimum absolute atomic E-state index is 0.0712. The highest BCUT2D eigenvalue weighted by molar-refractivity contribution is 5.96. The van der Waals surface area contributed by atoms with E-state index in [1.54, 1.807) is 0 Å². The molecule has 1 aromatic rings.